The number of rotatable bonds is 4. The molecule has 0 spiro atoms. The highest BCUT2D eigenvalue weighted by Crippen LogP contribution is 2.32. The summed E-state index contributed by atoms with van der Waals surface area (Å²) in [7, 11) is 1.57. The summed E-state index contributed by atoms with van der Waals surface area (Å²) in [4.78, 5) is 17.3. The molecule has 1 amide bonds. The van der Waals surface area contributed by atoms with E-state index in [1.165, 1.54) is 24.4 Å². The Morgan fingerprint density at radius 1 is 1.20 bits per heavy atom. The van der Waals surface area contributed by atoms with E-state index in [4.69, 9.17) is 10.5 Å². The van der Waals surface area contributed by atoms with E-state index >= 15 is 0 Å². The number of nitrogens with one attached hydrogen (secondary N) is 1. The zero-order chi connectivity index (χ0) is 21.7. The first kappa shape index (κ1) is 21.4. The lowest BCUT2D eigenvalue weighted by molar-refractivity contribution is -0.137. The van der Waals surface area contributed by atoms with Crippen molar-refractivity contribution in [3.05, 3.63) is 71.4 Å². The highest BCUT2D eigenvalue weighted by molar-refractivity contribution is 6.04. The Bertz CT molecular complexity index is 966. The van der Waals surface area contributed by atoms with Crippen molar-refractivity contribution in [3.8, 4) is 5.75 Å². The lowest BCUT2D eigenvalue weighted by atomic mass is 9.88. The van der Waals surface area contributed by atoms with Gasteiger partial charge in [0.05, 0.1) is 30.0 Å². The van der Waals surface area contributed by atoms with E-state index in [-0.39, 0.29) is 0 Å². The van der Waals surface area contributed by atoms with Crippen LogP contribution in [0.3, 0.4) is 0 Å². The molecule has 3 rings (SSSR count). The lowest BCUT2D eigenvalue weighted by Crippen LogP contribution is -2.41. The minimum atomic E-state index is -4.62. The van der Waals surface area contributed by atoms with Crippen LogP contribution >= 0.6 is 0 Å². The molecule has 1 aliphatic rings. The average Bonchev–Trinajstić information content (AvgIpc) is 2.74. The predicted octanol–water partition coefficient (Wildman–Crippen LogP) is 4.61. The minimum absolute atomic E-state index is 0.416. The van der Waals surface area contributed by atoms with Crippen LogP contribution in [0.15, 0.2) is 65.3 Å². The molecule has 3 N–H and O–H groups in total. The Morgan fingerprint density at radius 3 is 2.53 bits per heavy atom. The molecule has 1 aliphatic carbocycles. The number of hydrogen-bond donors (Lipinski definition) is 2. The van der Waals surface area contributed by atoms with Crippen molar-refractivity contribution in [2.75, 3.05) is 7.11 Å². The Balaban J connectivity index is 1.83. The van der Waals surface area contributed by atoms with Crippen LogP contribution in [-0.2, 0) is 6.18 Å². The van der Waals surface area contributed by atoms with E-state index < -0.39 is 29.3 Å². The van der Waals surface area contributed by atoms with E-state index in [2.05, 4.69) is 10.3 Å². The lowest BCUT2D eigenvalue weighted by Gasteiger charge is -2.28. The van der Waals surface area contributed by atoms with Crippen LogP contribution < -0.4 is 15.8 Å². The summed E-state index contributed by atoms with van der Waals surface area (Å²) in [5.74, 6) is -0.0939. The molecular weight excluding hydrogens is 395 g/mol. The van der Waals surface area contributed by atoms with Crippen LogP contribution in [-0.4, -0.2) is 24.8 Å². The molecule has 2 aromatic carbocycles. The molecule has 8 heteroatoms. The summed E-state index contributed by atoms with van der Waals surface area (Å²) in [5, 5.41) is 2.69. The predicted molar refractivity (Wildman–Crippen MR) is 109 cm³/mol. The molecule has 0 aliphatic heterocycles. The summed E-state index contributed by atoms with van der Waals surface area (Å²) in [6, 6.07) is 11.3. The first-order chi connectivity index (χ1) is 14.3. The Kier molecular flexibility index (Phi) is 6.44. The van der Waals surface area contributed by atoms with Gasteiger partial charge in [-0.3, -0.25) is 9.79 Å². The van der Waals surface area contributed by atoms with Crippen molar-refractivity contribution in [1.82, 2.24) is 5.32 Å². The zero-order valence-electron chi connectivity index (χ0n) is 16.4. The fraction of sp³-hybridized carbons (Fsp3) is 0.273. The summed E-state index contributed by atoms with van der Waals surface area (Å²) in [6.45, 7) is 0. The maximum atomic E-state index is 13.2. The highest BCUT2D eigenvalue weighted by Gasteiger charge is 2.35. The van der Waals surface area contributed by atoms with E-state index in [1.54, 1.807) is 31.4 Å². The van der Waals surface area contributed by atoms with Gasteiger partial charge >= 0.3 is 6.18 Å². The number of hydrogen-bond acceptors (Lipinski definition) is 4. The van der Waals surface area contributed by atoms with Gasteiger partial charge in [-0.2, -0.15) is 13.2 Å². The molecule has 1 atom stereocenters. The molecule has 1 unspecified atom stereocenters. The number of ether oxygens (including phenoxy) is 1. The Hall–Kier alpha value is -3.29. The highest BCUT2D eigenvalue weighted by atomic mass is 19.4. The van der Waals surface area contributed by atoms with E-state index in [0.717, 1.165) is 12.5 Å². The molecule has 1 saturated carbocycles. The van der Waals surface area contributed by atoms with Crippen LogP contribution in [0.25, 0.3) is 0 Å². The SMILES string of the molecule is COc1ccc(N=C2CCCC(NC(=O)c3ccccc3C(F)(F)F)/C2=C/N)cc1. The topological polar surface area (TPSA) is 76.7 Å². The Labute approximate surface area is 172 Å². The van der Waals surface area contributed by atoms with E-state index in [1.807, 2.05) is 0 Å². The average molecular weight is 417 g/mol. The first-order valence-electron chi connectivity index (χ1n) is 9.44. The monoisotopic (exact) mass is 417 g/mol. The van der Waals surface area contributed by atoms with Gasteiger partial charge in [0.25, 0.3) is 5.91 Å². The standard InChI is InChI=1S/C22H22F3N3O2/c1-30-15-11-9-14(10-12-15)27-19-7-4-8-20(17(19)13-26)28-21(29)16-5-2-3-6-18(16)22(23,24)25/h2-3,5-6,9-13,20H,4,7-8,26H2,1H3,(H,28,29)/b17-13+,27-19?. The number of nitrogens with two attached hydrogens (primary N) is 1. The van der Waals surface area contributed by atoms with Gasteiger partial charge in [0.1, 0.15) is 5.75 Å². The second-order valence-corrected chi connectivity index (χ2v) is 6.84. The third kappa shape index (κ3) is 4.82. The van der Waals surface area contributed by atoms with Crippen molar-refractivity contribution in [1.29, 1.82) is 0 Å². The maximum absolute atomic E-state index is 13.2. The van der Waals surface area contributed by atoms with Gasteiger partial charge < -0.3 is 15.8 Å². The largest absolute Gasteiger partial charge is 0.497 e. The van der Waals surface area contributed by atoms with Gasteiger partial charge in [0.2, 0.25) is 0 Å². The molecular formula is C22H22F3N3O2. The molecule has 0 saturated heterocycles. The van der Waals surface area contributed by atoms with Gasteiger partial charge in [0, 0.05) is 17.5 Å². The third-order valence-electron chi connectivity index (χ3n) is 4.91. The van der Waals surface area contributed by atoms with Gasteiger partial charge in [0.15, 0.2) is 0 Å². The molecule has 5 nitrogen and oxygen atoms in total. The third-order valence-corrected chi connectivity index (χ3v) is 4.91. The number of alkyl halides is 3. The number of amides is 1. The van der Waals surface area contributed by atoms with Crippen molar-refractivity contribution in [2.45, 2.75) is 31.5 Å². The number of nitrogens with zero attached hydrogens (tertiary/aromatic N) is 1. The summed E-state index contributed by atoms with van der Waals surface area (Å²) in [6.07, 6.45) is -1.32. The molecule has 0 aromatic heterocycles. The molecule has 1 fully saturated rings. The Morgan fingerprint density at radius 2 is 1.90 bits per heavy atom. The van der Waals surface area contributed by atoms with Gasteiger partial charge in [-0.1, -0.05) is 12.1 Å². The summed E-state index contributed by atoms with van der Waals surface area (Å²) < 4.78 is 44.9. The summed E-state index contributed by atoms with van der Waals surface area (Å²) >= 11 is 0. The summed E-state index contributed by atoms with van der Waals surface area (Å²) in [5.41, 5.74) is 6.42. The first-order valence-corrected chi connectivity index (χ1v) is 9.44. The maximum Gasteiger partial charge on any atom is 0.417 e. The van der Waals surface area contributed by atoms with Crippen molar-refractivity contribution >= 4 is 17.3 Å². The fourth-order valence-corrected chi connectivity index (χ4v) is 3.43. The molecule has 2 aromatic rings. The van der Waals surface area contributed by atoms with Crippen molar-refractivity contribution in [2.24, 2.45) is 10.7 Å². The molecule has 30 heavy (non-hydrogen) atoms. The normalized spacial score (nSPS) is 19.7. The second-order valence-electron chi connectivity index (χ2n) is 6.84. The second kappa shape index (κ2) is 9.02. The van der Waals surface area contributed by atoms with Gasteiger partial charge in [-0.05, 0) is 55.7 Å². The molecule has 0 bridgehead atoms. The van der Waals surface area contributed by atoms with Crippen LogP contribution in [0.5, 0.6) is 5.75 Å². The van der Waals surface area contributed by atoms with Crippen molar-refractivity contribution < 1.29 is 22.7 Å². The van der Waals surface area contributed by atoms with E-state index in [0.29, 0.717) is 35.6 Å². The number of halogens is 3. The minimum Gasteiger partial charge on any atom is -0.497 e. The number of carbonyl (C=O) groups excluding carboxylic acids is 1. The molecule has 0 radical (unpaired) electrons. The zero-order valence-corrected chi connectivity index (χ0v) is 16.4. The van der Waals surface area contributed by atoms with Gasteiger partial charge in [-0.25, -0.2) is 0 Å². The number of methoxy groups -OCH3 is 1. The van der Waals surface area contributed by atoms with Crippen molar-refractivity contribution in [3.63, 3.8) is 0 Å². The number of aliphatic imine (C=N–C) groups is 1. The van der Waals surface area contributed by atoms with Crippen LogP contribution in [0.2, 0.25) is 0 Å². The smallest absolute Gasteiger partial charge is 0.417 e. The van der Waals surface area contributed by atoms with Crippen LogP contribution in [0.4, 0.5) is 18.9 Å². The number of benzene rings is 2. The van der Waals surface area contributed by atoms with Crippen LogP contribution in [0, 0.1) is 0 Å². The van der Waals surface area contributed by atoms with Crippen LogP contribution in [0.1, 0.15) is 35.2 Å². The number of carbonyl (C=O) groups is 1. The molecule has 0 heterocycles. The molecule has 158 valence electrons. The van der Waals surface area contributed by atoms with Gasteiger partial charge in [-0.15, -0.1) is 0 Å². The quantitative estimate of drug-likeness (QED) is 0.763. The van der Waals surface area contributed by atoms with E-state index in [9.17, 15) is 18.0 Å². The fourth-order valence-electron chi connectivity index (χ4n) is 3.43.